The van der Waals surface area contributed by atoms with Crippen LogP contribution in [-0.4, -0.2) is 49.4 Å². The van der Waals surface area contributed by atoms with Crippen molar-refractivity contribution in [2.75, 3.05) is 0 Å². The van der Waals surface area contributed by atoms with Gasteiger partial charge in [0.25, 0.3) is 5.91 Å². The van der Waals surface area contributed by atoms with Crippen molar-refractivity contribution in [3.8, 4) is 0 Å². The number of piperidine rings is 1. The van der Waals surface area contributed by atoms with E-state index in [4.69, 9.17) is 0 Å². The van der Waals surface area contributed by atoms with E-state index >= 15 is 0 Å². The van der Waals surface area contributed by atoms with Crippen LogP contribution < -0.4 is 5.32 Å². The zero-order valence-corrected chi connectivity index (χ0v) is 13.7. The van der Waals surface area contributed by atoms with Gasteiger partial charge in [-0.2, -0.15) is 0 Å². The maximum Gasteiger partial charge on any atom is 0.253 e. The Balaban J connectivity index is 1.44. The van der Waals surface area contributed by atoms with Crippen LogP contribution >= 0.6 is 0 Å². The molecular weight excluding hydrogens is 306 g/mol. The highest BCUT2D eigenvalue weighted by atomic mass is 16.2. The zero-order chi connectivity index (χ0) is 16.7. The predicted molar refractivity (Wildman–Crippen MR) is 87.4 cm³/mol. The predicted octanol–water partition coefficient (Wildman–Crippen LogP) is 1.39. The molecule has 2 amide bonds. The van der Waals surface area contributed by atoms with Crippen molar-refractivity contribution in [2.45, 2.75) is 57.2 Å². The standard InChI is InChI=1S/C17H21N5O2/c1-2-16(23)22-13-4-5-14(22)8-12(7-13)19-17(24)11-3-6-15-20-18-10-21(15)9-11/h3,6,9-10,12-14H,2,4-5,7-8H2,1H3,(H,19,24). The van der Waals surface area contributed by atoms with Gasteiger partial charge in [-0.15, -0.1) is 10.2 Å². The number of rotatable bonds is 3. The number of aromatic nitrogens is 3. The fourth-order valence-corrected chi connectivity index (χ4v) is 4.12. The molecule has 1 N–H and O–H groups in total. The molecule has 0 radical (unpaired) electrons. The molecule has 2 fully saturated rings. The van der Waals surface area contributed by atoms with E-state index < -0.39 is 0 Å². The van der Waals surface area contributed by atoms with E-state index in [-0.39, 0.29) is 29.9 Å². The van der Waals surface area contributed by atoms with Gasteiger partial charge in [0.15, 0.2) is 5.65 Å². The molecule has 2 aromatic heterocycles. The molecule has 2 bridgehead atoms. The van der Waals surface area contributed by atoms with E-state index in [0.717, 1.165) is 31.3 Å². The number of nitrogens with zero attached hydrogens (tertiary/aromatic N) is 4. The first-order chi connectivity index (χ1) is 11.7. The average molecular weight is 327 g/mol. The van der Waals surface area contributed by atoms with Crippen LogP contribution in [0.25, 0.3) is 5.65 Å². The molecule has 2 aliphatic rings. The SMILES string of the molecule is CCC(=O)N1C2CCC1CC(NC(=O)c1ccc3nncn3c1)C2. The van der Waals surface area contributed by atoms with Crippen LogP contribution in [0.1, 0.15) is 49.4 Å². The second-order valence-corrected chi connectivity index (χ2v) is 6.70. The summed E-state index contributed by atoms with van der Waals surface area (Å²) in [5.41, 5.74) is 1.32. The lowest BCUT2D eigenvalue weighted by Crippen LogP contribution is -2.52. The fraction of sp³-hybridized carbons (Fsp3) is 0.529. The second kappa shape index (κ2) is 5.89. The molecule has 0 aliphatic carbocycles. The third-order valence-corrected chi connectivity index (χ3v) is 5.21. The summed E-state index contributed by atoms with van der Waals surface area (Å²) in [6, 6.07) is 4.24. The van der Waals surface area contributed by atoms with Crippen molar-refractivity contribution < 1.29 is 9.59 Å². The van der Waals surface area contributed by atoms with Crippen molar-refractivity contribution in [2.24, 2.45) is 0 Å². The van der Waals surface area contributed by atoms with Crippen LogP contribution in [0.4, 0.5) is 0 Å². The summed E-state index contributed by atoms with van der Waals surface area (Å²) in [6.07, 6.45) is 7.69. The van der Waals surface area contributed by atoms with E-state index in [2.05, 4.69) is 20.4 Å². The van der Waals surface area contributed by atoms with E-state index in [1.807, 2.05) is 6.92 Å². The van der Waals surface area contributed by atoms with Crippen molar-refractivity contribution in [3.05, 3.63) is 30.2 Å². The van der Waals surface area contributed by atoms with Crippen molar-refractivity contribution in [3.63, 3.8) is 0 Å². The van der Waals surface area contributed by atoms with Crippen LogP contribution in [0.15, 0.2) is 24.7 Å². The summed E-state index contributed by atoms with van der Waals surface area (Å²) in [7, 11) is 0. The minimum Gasteiger partial charge on any atom is -0.349 e. The second-order valence-electron chi connectivity index (χ2n) is 6.70. The lowest BCUT2D eigenvalue weighted by Gasteiger charge is -2.39. The van der Waals surface area contributed by atoms with Gasteiger partial charge in [0.1, 0.15) is 6.33 Å². The Morgan fingerprint density at radius 2 is 2.00 bits per heavy atom. The van der Waals surface area contributed by atoms with Crippen LogP contribution in [0, 0.1) is 0 Å². The molecule has 2 saturated heterocycles. The van der Waals surface area contributed by atoms with Gasteiger partial charge in [0.05, 0.1) is 5.56 Å². The molecule has 0 aromatic carbocycles. The smallest absolute Gasteiger partial charge is 0.253 e. The van der Waals surface area contributed by atoms with Gasteiger partial charge in [-0.05, 0) is 37.8 Å². The molecule has 2 atom stereocenters. The van der Waals surface area contributed by atoms with E-state index in [1.54, 1.807) is 29.1 Å². The average Bonchev–Trinajstić information content (AvgIpc) is 3.16. The summed E-state index contributed by atoms with van der Waals surface area (Å²) in [5, 5.41) is 10.9. The zero-order valence-electron chi connectivity index (χ0n) is 13.7. The van der Waals surface area contributed by atoms with Gasteiger partial charge in [0.2, 0.25) is 5.91 Å². The third-order valence-electron chi connectivity index (χ3n) is 5.21. The molecule has 24 heavy (non-hydrogen) atoms. The maximum absolute atomic E-state index is 12.5. The molecule has 7 heteroatoms. The maximum atomic E-state index is 12.5. The molecule has 2 unspecified atom stereocenters. The number of pyridine rings is 1. The van der Waals surface area contributed by atoms with Crippen LogP contribution in [0.3, 0.4) is 0 Å². The Morgan fingerprint density at radius 1 is 1.25 bits per heavy atom. The molecule has 0 saturated carbocycles. The monoisotopic (exact) mass is 327 g/mol. The lowest BCUT2D eigenvalue weighted by molar-refractivity contribution is -0.135. The summed E-state index contributed by atoms with van der Waals surface area (Å²) in [4.78, 5) is 26.7. The van der Waals surface area contributed by atoms with E-state index in [9.17, 15) is 9.59 Å². The molecule has 2 aliphatic heterocycles. The molecule has 126 valence electrons. The van der Waals surface area contributed by atoms with Crippen LogP contribution in [0.2, 0.25) is 0 Å². The number of hydrogen-bond acceptors (Lipinski definition) is 4. The van der Waals surface area contributed by atoms with Gasteiger partial charge in [-0.25, -0.2) is 0 Å². The Bertz CT molecular complexity index is 772. The van der Waals surface area contributed by atoms with Gasteiger partial charge in [-0.3, -0.25) is 14.0 Å². The molecule has 2 aromatic rings. The lowest BCUT2D eigenvalue weighted by atomic mass is 9.96. The Morgan fingerprint density at radius 3 is 2.71 bits per heavy atom. The fourth-order valence-electron chi connectivity index (χ4n) is 4.12. The first-order valence-corrected chi connectivity index (χ1v) is 8.57. The van der Waals surface area contributed by atoms with Crippen molar-refractivity contribution in [1.82, 2.24) is 24.8 Å². The normalized spacial score (nSPS) is 25.9. The Kier molecular flexibility index (Phi) is 3.70. The number of carbonyl (C=O) groups is 2. The molecule has 7 nitrogen and oxygen atoms in total. The Labute approximate surface area is 140 Å². The molecule has 0 spiro atoms. The number of fused-ring (bicyclic) bond motifs is 3. The minimum atomic E-state index is -0.0785. The van der Waals surface area contributed by atoms with Gasteiger partial charge in [0, 0.05) is 30.7 Å². The largest absolute Gasteiger partial charge is 0.349 e. The van der Waals surface area contributed by atoms with E-state index in [1.165, 1.54) is 0 Å². The Hall–Kier alpha value is -2.44. The highest BCUT2D eigenvalue weighted by Gasteiger charge is 2.42. The highest BCUT2D eigenvalue weighted by molar-refractivity contribution is 5.94. The summed E-state index contributed by atoms with van der Waals surface area (Å²) >= 11 is 0. The number of nitrogens with one attached hydrogen (secondary N) is 1. The number of hydrogen-bond donors (Lipinski definition) is 1. The van der Waals surface area contributed by atoms with Crippen LogP contribution in [0.5, 0.6) is 0 Å². The van der Waals surface area contributed by atoms with Gasteiger partial charge in [-0.1, -0.05) is 6.92 Å². The topological polar surface area (TPSA) is 79.6 Å². The number of carbonyl (C=O) groups excluding carboxylic acids is 2. The first-order valence-electron chi connectivity index (χ1n) is 8.57. The minimum absolute atomic E-state index is 0.0785. The molecule has 4 heterocycles. The van der Waals surface area contributed by atoms with E-state index in [0.29, 0.717) is 12.0 Å². The number of amides is 2. The summed E-state index contributed by atoms with van der Waals surface area (Å²) in [5.74, 6) is 0.163. The quantitative estimate of drug-likeness (QED) is 0.924. The molecular formula is C17H21N5O2. The van der Waals surface area contributed by atoms with Gasteiger partial charge < -0.3 is 10.2 Å². The van der Waals surface area contributed by atoms with Crippen molar-refractivity contribution in [1.29, 1.82) is 0 Å². The van der Waals surface area contributed by atoms with Crippen molar-refractivity contribution >= 4 is 17.5 Å². The van der Waals surface area contributed by atoms with Gasteiger partial charge >= 0.3 is 0 Å². The summed E-state index contributed by atoms with van der Waals surface area (Å²) in [6.45, 7) is 1.91. The van der Waals surface area contributed by atoms with Crippen LogP contribution in [-0.2, 0) is 4.79 Å². The molecule has 4 rings (SSSR count). The summed E-state index contributed by atoms with van der Waals surface area (Å²) < 4.78 is 1.74. The third kappa shape index (κ3) is 2.53. The highest BCUT2D eigenvalue weighted by Crippen LogP contribution is 2.36. The first kappa shape index (κ1) is 15.1.